The Labute approximate surface area is 127 Å². The SMILES string of the molecule is CCC(CC)(OC)c1noc(C(C)(C)C2CCCNC2)n1. The molecule has 5 nitrogen and oxygen atoms in total. The fraction of sp³-hybridized carbons (Fsp3) is 0.875. The van der Waals surface area contributed by atoms with Gasteiger partial charge in [-0.1, -0.05) is 32.9 Å². The maximum Gasteiger partial charge on any atom is 0.232 e. The molecule has 1 N–H and O–H groups in total. The average molecular weight is 295 g/mol. The van der Waals surface area contributed by atoms with Crippen molar-refractivity contribution in [1.29, 1.82) is 0 Å². The Balaban J connectivity index is 2.25. The summed E-state index contributed by atoms with van der Waals surface area (Å²) >= 11 is 0. The molecule has 0 amide bonds. The summed E-state index contributed by atoms with van der Waals surface area (Å²) in [4.78, 5) is 4.71. The van der Waals surface area contributed by atoms with Crippen molar-refractivity contribution in [3.63, 3.8) is 0 Å². The van der Waals surface area contributed by atoms with Crippen LogP contribution in [0.5, 0.6) is 0 Å². The van der Waals surface area contributed by atoms with E-state index >= 15 is 0 Å². The van der Waals surface area contributed by atoms with Crippen molar-refractivity contribution in [2.24, 2.45) is 5.92 Å². The van der Waals surface area contributed by atoms with Gasteiger partial charge in [-0.15, -0.1) is 0 Å². The Morgan fingerprint density at radius 1 is 1.33 bits per heavy atom. The minimum Gasteiger partial charge on any atom is -0.370 e. The highest BCUT2D eigenvalue weighted by Crippen LogP contribution is 2.37. The maximum absolute atomic E-state index is 5.70. The molecule has 21 heavy (non-hydrogen) atoms. The van der Waals surface area contributed by atoms with Crippen LogP contribution in [0.25, 0.3) is 0 Å². The van der Waals surface area contributed by atoms with E-state index in [9.17, 15) is 0 Å². The second-order valence-electron chi connectivity index (χ2n) is 6.59. The first-order valence-corrected chi connectivity index (χ1v) is 8.10. The lowest BCUT2D eigenvalue weighted by molar-refractivity contribution is -0.0306. The first kappa shape index (κ1) is 16.4. The molecule has 1 aromatic heterocycles. The van der Waals surface area contributed by atoms with Gasteiger partial charge in [0.1, 0.15) is 5.60 Å². The van der Waals surface area contributed by atoms with Gasteiger partial charge in [0.05, 0.1) is 0 Å². The number of hydrogen-bond acceptors (Lipinski definition) is 5. The molecule has 1 aliphatic rings. The van der Waals surface area contributed by atoms with Crippen molar-refractivity contribution in [1.82, 2.24) is 15.5 Å². The summed E-state index contributed by atoms with van der Waals surface area (Å²) in [7, 11) is 1.72. The fourth-order valence-corrected chi connectivity index (χ4v) is 3.26. The molecule has 1 aromatic rings. The molecule has 1 aliphatic heterocycles. The Bertz CT molecular complexity index is 438. The van der Waals surface area contributed by atoms with E-state index in [4.69, 9.17) is 14.2 Å². The Morgan fingerprint density at radius 2 is 2.05 bits per heavy atom. The van der Waals surface area contributed by atoms with Crippen LogP contribution in [-0.2, 0) is 15.8 Å². The number of methoxy groups -OCH3 is 1. The monoisotopic (exact) mass is 295 g/mol. The van der Waals surface area contributed by atoms with E-state index in [1.54, 1.807) is 7.11 Å². The van der Waals surface area contributed by atoms with Crippen LogP contribution < -0.4 is 5.32 Å². The van der Waals surface area contributed by atoms with Crippen LogP contribution >= 0.6 is 0 Å². The molecular weight excluding hydrogens is 266 g/mol. The summed E-state index contributed by atoms with van der Waals surface area (Å²) in [6, 6.07) is 0. The standard InChI is InChI=1S/C16H29N3O2/c1-6-16(7-2,20-5)13-18-14(21-19-13)15(3,4)12-9-8-10-17-11-12/h12,17H,6-11H2,1-5H3. The highest BCUT2D eigenvalue weighted by molar-refractivity contribution is 5.09. The Morgan fingerprint density at radius 3 is 2.57 bits per heavy atom. The molecule has 2 heterocycles. The van der Waals surface area contributed by atoms with Crippen LogP contribution in [0.1, 0.15) is 65.1 Å². The Hall–Kier alpha value is -0.940. The minimum atomic E-state index is -0.428. The molecule has 0 aromatic carbocycles. The molecule has 0 spiro atoms. The second-order valence-corrected chi connectivity index (χ2v) is 6.59. The zero-order chi connectivity index (χ0) is 15.5. The first-order chi connectivity index (χ1) is 10.00. The number of nitrogens with one attached hydrogen (secondary N) is 1. The van der Waals surface area contributed by atoms with Gasteiger partial charge < -0.3 is 14.6 Å². The van der Waals surface area contributed by atoms with Crippen molar-refractivity contribution in [2.45, 2.75) is 64.4 Å². The predicted molar refractivity (Wildman–Crippen MR) is 82.2 cm³/mol. The van der Waals surface area contributed by atoms with Crippen molar-refractivity contribution in [2.75, 3.05) is 20.2 Å². The van der Waals surface area contributed by atoms with E-state index in [1.165, 1.54) is 12.8 Å². The van der Waals surface area contributed by atoms with Gasteiger partial charge in [-0.25, -0.2) is 0 Å². The van der Waals surface area contributed by atoms with Gasteiger partial charge >= 0.3 is 0 Å². The molecule has 1 fully saturated rings. The molecule has 5 heteroatoms. The number of ether oxygens (including phenoxy) is 1. The summed E-state index contributed by atoms with van der Waals surface area (Å²) in [6.45, 7) is 10.7. The zero-order valence-electron chi connectivity index (χ0n) is 14.0. The topological polar surface area (TPSA) is 60.2 Å². The average Bonchev–Trinajstić information content (AvgIpc) is 3.02. The summed E-state index contributed by atoms with van der Waals surface area (Å²) < 4.78 is 11.3. The van der Waals surface area contributed by atoms with Gasteiger partial charge in [0.15, 0.2) is 0 Å². The van der Waals surface area contributed by atoms with E-state index in [0.717, 1.165) is 31.8 Å². The van der Waals surface area contributed by atoms with Crippen LogP contribution in [0.4, 0.5) is 0 Å². The van der Waals surface area contributed by atoms with Gasteiger partial charge in [0.25, 0.3) is 0 Å². The highest BCUT2D eigenvalue weighted by atomic mass is 16.5. The normalized spacial score (nSPS) is 20.7. The zero-order valence-corrected chi connectivity index (χ0v) is 14.0. The third-order valence-corrected chi connectivity index (χ3v) is 5.24. The smallest absolute Gasteiger partial charge is 0.232 e. The summed E-state index contributed by atoms with van der Waals surface area (Å²) in [5, 5.41) is 7.70. The van der Waals surface area contributed by atoms with Gasteiger partial charge in [-0.3, -0.25) is 0 Å². The molecule has 1 saturated heterocycles. The van der Waals surface area contributed by atoms with Crippen molar-refractivity contribution >= 4 is 0 Å². The first-order valence-electron chi connectivity index (χ1n) is 8.10. The molecule has 0 aliphatic carbocycles. The lowest BCUT2D eigenvalue weighted by Crippen LogP contribution is -2.41. The summed E-state index contributed by atoms with van der Waals surface area (Å²) in [6.07, 6.45) is 4.09. The highest BCUT2D eigenvalue weighted by Gasteiger charge is 2.40. The third kappa shape index (κ3) is 2.99. The van der Waals surface area contributed by atoms with Crippen LogP contribution in [0, 0.1) is 5.92 Å². The van der Waals surface area contributed by atoms with E-state index < -0.39 is 5.60 Å². The fourth-order valence-electron chi connectivity index (χ4n) is 3.26. The van der Waals surface area contributed by atoms with E-state index in [0.29, 0.717) is 11.7 Å². The number of hydrogen-bond donors (Lipinski definition) is 1. The quantitative estimate of drug-likeness (QED) is 0.874. The van der Waals surface area contributed by atoms with Crippen LogP contribution in [-0.4, -0.2) is 30.3 Å². The molecule has 0 bridgehead atoms. The van der Waals surface area contributed by atoms with Gasteiger partial charge in [-0.2, -0.15) is 4.98 Å². The van der Waals surface area contributed by atoms with Crippen molar-refractivity contribution in [3.05, 3.63) is 11.7 Å². The van der Waals surface area contributed by atoms with E-state index in [1.807, 2.05) is 0 Å². The number of piperidine rings is 1. The lowest BCUT2D eigenvalue weighted by atomic mass is 9.75. The van der Waals surface area contributed by atoms with Crippen molar-refractivity contribution < 1.29 is 9.26 Å². The van der Waals surface area contributed by atoms with Gasteiger partial charge in [-0.05, 0) is 44.7 Å². The van der Waals surface area contributed by atoms with Gasteiger partial charge in [0, 0.05) is 12.5 Å². The third-order valence-electron chi connectivity index (χ3n) is 5.24. The molecule has 120 valence electrons. The number of rotatable bonds is 6. The van der Waals surface area contributed by atoms with Crippen molar-refractivity contribution in [3.8, 4) is 0 Å². The molecule has 1 unspecified atom stereocenters. The number of nitrogens with zero attached hydrogens (tertiary/aromatic N) is 2. The predicted octanol–water partition coefficient (Wildman–Crippen LogP) is 3.01. The molecular formula is C16H29N3O2. The van der Waals surface area contributed by atoms with Crippen LogP contribution in [0.3, 0.4) is 0 Å². The second kappa shape index (κ2) is 6.44. The number of aromatic nitrogens is 2. The lowest BCUT2D eigenvalue weighted by Gasteiger charge is -2.34. The molecule has 2 rings (SSSR count). The van der Waals surface area contributed by atoms with Crippen LogP contribution in [0.15, 0.2) is 4.52 Å². The molecule has 1 atom stereocenters. The van der Waals surface area contributed by atoms with Crippen LogP contribution in [0.2, 0.25) is 0 Å². The molecule has 0 radical (unpaired) electrons. The summed E-state index contributed by atoms with van der Waals surface area (Å²) in [5.74, 6) is 1.94. The largest absolute Gasteiger partial charge is 0.370 e. The molecule has 0 saturated carbocycles. The van der Waals surface area contributed by atoms with E-state index in [-0.39, 0.29) is 5.41 Å². The van der Waals surface area contributed by atoms with Gasteiger partial charge in [0.2, 0.25) is 11.7 Å². The maximum atomic E-state index is 5.70. The van der Waals surface area contributed by atoms with E-state index in [2.05, 4.69) is 38.2 Å². The Kier molecular flexibility index (Phi) is 5.04. The minimum absolute atomic E-state index is 0.111. The summed E-state index contributed by atoms with van der Waals surface area (Å²) in [5.41, 5.74) is -0.539.